The number of benzene rings is 2. The highest BCUT2D eigenvalue weighted by atomic mass is 35.5. The van der Waals surface area contributed by atoms with Crippen LogP contribution in [0.15, 0.2) is 77.7 Å². The number of halogens is 1. The maximum Gasteiger partial charge on any atom is 0.296 e. The van der Waals surface area contributed by atoms with Gasteiger partial charge in [-0.15, -0.1) is 0 Å². The lowest BCUT2D eigenvalue weighted by atomic mass is 10.1. The number of aliphatic imine (C=N–C) groups is 1. The summed E-state index contributed by atoms with van der Waals surface area (Å²) in [5.41, 5.74) is 1.25. The van der Waals surface area contributed by atoms with E-state index >= 15 is 0 Å². The van der Waals surface area contributed by atoms with Gasteiger partial charge in [-0.3, -0.25) is 14.5 Å². The Bertz CT molecular complexity index is 1580. The van der Waals surface area contributed by atoms with Crippen molar-refractivity contribution in [1.82, 2.24) is 19.2 Å². The normalized spacial score (nSPS) is 11.6. The Morgan fingerprint density at radius 1 is 1.26 bits per heavy atom. The second-order valence-corrected chi connectivity index (χ2v) is 8.01. The van der Waals surface area contributed by atoms with E-state index in [4.69, 9.17) is 16.3 Å². The molecule has 4 rings (SSSR count). The minimum atomic E-state index is -0.428. The first-order chi connectivity index (χ1) is 16.9. The molecule has 0 saturated heterocycles. The minimum Gasteiger partial charge on any atom is -0.495 e. The topological polar surface area (TPSA) is 81.7 Å². The van der Waals surface area contributed by atoms with Crippen LogP contribution in [0.25, 0.3) is 27.5 Å². The first-order valence-corrected chi connectivity index (χ1v) is 11.2. The molecule has 0 unspecified atom stereocenters. The molecule has 9 heteroatoms. The maximum atomic E-state index is 13.9. The fraction of sp³-hybridized carbons (Fsp3) is 0.154. The van der Waals surface area contributed by atoms with Crippen molar-refractivity contribution in [1.29, 1.82) is 0 Å². The highest BCUT2D eigenvalue weighted by molar-refractivity contribution is 6.32. The molecular formula is C26H24ClN5O3. The average Bonchev–Trinajstić information content (AvgIpc) is 3.17. The van der Waals surface area contributed by atoms with Gasteiger partial charge in [0.1, 0.15) is 17.1 Å². The van der Waals surface area contributed by atoms with Crippen LogP contribution in [0.2, 0.25) is 5.02 Å². The Morgan fingerprint density at radius 3 is 2.63 bits per heavy atom. The van der Waals surface area contributed by atoms with Crippen molar-refractivity contribution in [2.24, 2.45) is 12.0 Å². The Kier molecular flexibility index (Phi) is 6.57. The van der Waals surface area contributed by atoms with Crippen molar-refractivity contribution in [2.75, 3.05) is 13.7 Å². The molecule has 0 fully saturated rings. The first kappa shape index (κ1) is 24.0. The SMILES string of the molecule is C=CN=C(C=C)N(CC)C(=O)c1nn(-c2ccc(OC)c(Cl)c2)c(=O)c2c1c1ccccc1n2C. The molecule has 0 atom stereocenters. The quantitative estimate of drug-likeness (QED) is 0.289. The standard InChI is InChI=1S/C26H24ClN5O3/c1-6-21(28-7-2)31(8-3)25(33)23-22-17-11-9-10-12-19(17)30(4)24(22)26(34)32(29-23)16-13-14-20(35-5)18(27)15-16/h6-7,9-15H,1-2,8H2,3-5H3. The summed E-state index contributed by atoms with van der Waals surface area (Å²) in [6.45, 7) is 9.51. The number of aromatic nitrogens is 3. The van der Waals surface area contributed by atoms with E-state index in [1.54, 1.807) is 29.8 Å². The third-order valence-electron chi connectivity index (χ3n) is 5.77. The first-order valence-electron chi connectivity index (χ1n) is 10.8. The number of aryl methyl sites for hydroxylation is 1. The van der Waals surface area contributed by atoms with Crippen molar-refractivity contribution < 1.29 is 9.53 Å². The lowest BCUT2D eigenvalue weighted by Crippen LogP contribution is -2.37. The lowest BCUT2D eigenvalue weighted by Gasteiger charge is -2.21. The van der Waals surface area contributed by atoms with Crippen molar-refractivity contribution in [3.05, 3.63) is 89.0 Å². The highest BCUT2D eigenvalue weighted by Gasteiger charge is 2.27. The molecule has 35 heavy (non-hydrogen) atoms. The maximum absolute atomic E-state index is 13.9. The molecule has 4 aromatic rings. The number of carbonyl (C=O) groups is 1. The van der Waals surface area contributed by atoms with Crippen LogP contribution in [-0.4, -0.2) is 44.6 Å². The second-order valence-electron chi connectivity index (χ2n) is 7.61. The molecule has 178 valence electrons. The fourth-order valence-corrected chi connectivity index (χ4v) is 4.41. The number of hydrogen-bond acceptors (Lipinski definition) is 5. The molecule has 0 saturated carbocycles. The van der Waals surface area contributed by atoms with Crippen molar-refractivity contribution in [3.63, 3.8) is 0 Å². The summed E-state index contributed by atoms with van der Waals surface area (Å²) in [6.07, 6.45) is 2.82. The second kappa shape index (κ2) is 9.60. The van der Waals surface area contributed by atoms with Crippen LogP contribution in [0.3, 0.4) is 0 Å². The van der Waals surface area contributed by atoms with E-state index < -0.39 is 5.91 Å². The number of carbonyl (C=O) groups excluding carboxylic acids is 1. The Balaban J connectivity index is 2.11. The summed E-state index contributed by atoms with van der Waals surface area (Å²) >= 11 is 6.33. The van der Waals surface area contributed by atoms with Crippen molar-refractivity contribution in [2.45, 2.75) is 6.92 Å². The number of ether oxygens (including phenoxy) is 1. The molecule has 0 bridgehead atoms. The van der Waals surface area contributed by atoms with Crippen LogP contribution in [0.1, 0.15) is 17.4 Å². The molecule has 2 aromatic carbocycles. The highest BCUT2D eigenvalue weighted by Crippen LogP contribution is 2.30. The van der Waals surface area contributed by atoms with E-state index in [0.717, 1.165) is 10.9 Å². The van der Waals surface area contributed by atoms with Gasteiger partial charge >= 0.3 is 0 Å². The molecule has 0 aliphatic heterocycles. The molecule has 0 aliphatic rings. The zero-order valence-electron chi connectivity index (χ0n) is 19.7. The molecule has 0 spiro atoms. The molecule has 1 amide bonds. The summed E-state index contributed by atoms with van der Waals surface area (Å²) in [5, 5.41) is 6.08. The van der Waals surface area contributed by atoms with Crippen LogP contribution in [0.4, 0.5) is 0 Å². The Labute approximate surface area is 207 Å². The van der Waals surface area contributed by atoms with Crippen molar-refractivity contribution in [3.8, 4) is 11.4 Å². The van der Waals surface area contributed by atoms with E-state index in [2.05, 4.69) is 23.2 Å². The molecule has 0 aliphatic carbocycles. The van der Waals surface area contributed by atoms with Gasteiger partial charge in [-0.05, 0) is 37.3 Å². The van der Waals surface area contributed by atoms with Gasteiger partial charge in [-0.2, -0.15) is 9.78 Å². The van der Waals surface area contributed by atoms with Gasteiger partial charge in [-0.25, -0.2) is 4.99 Å². The monoisotopic (exact) mass is 489 g/mol. The van der Waals surface area contributed by atoms with E-state index in [9.17, 15) is 9.59 Å². The van der Waals surface area contributed by atoms with Gasteiger partial charge in [0.25, 0.3) is 11.5 Å². The predicted molar refractivity (Wildman–Crippen MR) is 140 cm³/mol. The van der Waals surface area contributed by atoms with Gasteiger partial charge in [-0.1, -0.05) is 43.0 Å². The zero-order chi connectivity index (χ0) is 25.3. The molecule has 8 nitrogen and oxygen atoms in total. The number of nitrogens with zero attached hydrogens (tertiary/aromatic N) is 5. The van der Waals surface area contributed by atoms with Crippen LogP contribution < -0.4 is 10.3 Å². The number of hydrogen-bond donors (Lipinski definition) is 0. The van der Waals surface area contributed by atoms with E-state index in [1.807, 2.05) is 31.2 Å². The summed E-state index contributed by atoms with van der Waals surface area (Å²) in [7, 11) is 3.29. The minimum absolute atomic E-state index is 0.101. The van der Waals surface area contributed by atoms with Crippen LogP contribution in [0, 0.1) is 0 Å². The van der Waals surface area contributed by atoms with Crippen LogP contribution in [0.5, 0.6) is 5.75 Å². The Hall–Kier alpha value is -4.17. The van der Waals surface area contributed by atoms with Gasteiger partial charge in [0.05, 0.1) is 17.8 Å². The number of fused-ring (bicyclic) bond motifs is 3. The number of para-hydroxylation sites is 1. The van der Waals surface area contributed by atoms with E-state index in [1.165, 1.54) is 29.0 Å². The summed E-state index contributed by atoms with van der Waals surface area (Å²) in [4.78, 5) is 33.2. The van der Waals surface area contributed by atoms with Crippen molar-refractivity contribution >= 4 is 45.1 Å². The lowest BCUT2D eigenvalue weighted by molar-refractivity contribution is 0.0848. The van der Waals surface area contributed by atoms with Gasteiger partial charge < -0.3 is 9.30 Å². The largest absolute Gasteiger partial charge is 0.495 e. The number of amidine groups is 1. The Morgan fingerprint density at radius 2 is 2.00 bits per heavy atom. The van der Waals surface area contributed by atoms with Gasteiger partial charge in [0.15, 0.2) is 5.69 Å². The molecule has 2 heterocycles. The fourth-order valence-electron chi connectivity index (χ4n) is 4.15. The third kappa shape index (κ3) is 3.91. The molecular weight excluding hydrogens is 466 g/mol. The number of amides is 1. The van der Waals surface area contributed by atoms with Crippen LogP contribution >= 0.6 is 11.6 Å². The number of methoxy groups -OCH3 is 1. The van der Waals surface area contributed by atoms with E-state index in [-0.39, 0.29) is 11.3 Å². The predicted octanol–water partition coefficient (Wildman–Crippen LogP) is 4.73. The van der Waals surface area contributed by atoms with E-state index in [0.29, 0.717) is 39.7 Å². The summed E-state index contributed by atoms with van der Waals surface area (Å²) in [6, 6.07) is 12.4. The zero-order valence-corrected chi connectivity index (χ0v) is 20.4. The third-order valence-corrected chi connectivity index (χ3v) is 6.06. The number of rotatable bonds is 6. The van der Waals surface area contributed by atoms with Gasteiger partial charge in [0.2, 0.25) is 0 Å². The molecule has 0 radical (unpaired) electrons. The molecule has 2 aromatic heterocycles. The summed E-state index contributed by atoms with van der Waals surface area (Å²) in [5.74, 6) is 0.356. The average molecular weight is 490 g/mol. The van der Waals surface area contributed by atoms with Gasteiger partial charge in [0, 0.05) is 36.1 Å². The molecule has 0 N–H and O–H groups in total. The number of likely N-dealkylation sites (N-methyl/N-ethyl adjacent to an activating group) is 1. The van der Waals surface area contributed by atoms with Crippen LogP contribution in [-0.2, 0) is 7.05 Å². The smallest absolute Gasteiger partial charge is 0.296 e. The summed E-state index contributed by atoms with van der Waals surface area (Å²) < 4.78 is 8.19.